The molecule has 1 aromatic carbocycles. The van der Waals surface area contributed by atoms with Crippen molar-refractivity contribution in [3.05, 3.63) is 35.4 Å². The van der Waals surface area contributed by atoms with Gasteiger partial charge in [-0.05, 0) is 95.9 Å². The lowest BCUT2D eigenvalue weighted by Crippen LogP contribution is -2.46. The second-order valence-electron chi connectivity index (χ2n) is 8.93. The van der Waals surface area contributed by atoms with Crippen molar-refractivity contribution in [3.8, 4) is 0 Å². The summed E-state index contributed by atoms with van der Waals surface area (Å²) in [5.41, 5.74) is 2.85. The van der Waals surface area contributed by atoms with Crippen molar-refractivity contribution in [2.45, 2.75) is 83.4 Å². The first-order valence-corrected chi connectivity index (χ1v) is 12.0. The van der Waals surface area contributed by atoms with Gasteiger partial charge in [0.15, 0.2) is 0 Å². The Morgan fingerprint density at radius 3 is 2.37 bits per heavy atom. The highest BCUT2D eigenvalue weighted by Crippen LogP contribution is 2.25. The molecule has 1 aliphatic carbocycles. The molecular weight excluding hydrogens is 356 g/mol. The van der Waals surface area contributed by atoms with Gasteiger partial charge in [0.1, 0.15) is 0 Å². The first kappa shape index (κ1) is 22.4. The van der Waals surface area contributed by atoms with Crippen molar-refractivity contribution in [2.24, 2.45) is 5.92 Å². The molecule has 0 atom stereocenters. The first-order chi connectivity index (χ1) is 12.7. The molecule has 154 valence electrons. The van der Waals surface area contributed by atoms with E-state index in [2.05, 4.69) is 41.2 Å². The van der Waals surface area contributed by atoms with Gasteiger partial charge in [0, 0.05) is 6.04 Å². The van der Waals surface area contributed by atoms with E-state index in [0.717, 1.165) is 58.0 Å². The van der Waals surface area contributed by atoms with E-state index in [-0.39, 0.29) is 6.04 Å². The molecule has 0 aromatic heterocycles. The van der Waals surface area contributed by atoms with Gasteiger partial charge in [0.25, 0.3) is 0 Å². The smallest absolute Gasteiger partial charge is 0.216 e. The van der Waals surface area contributed by atoms with Gasteiger partial charge >= 0.3 is 0 Å². The zero-order chi connectivity index (χ0) is 19.9. The molecule has 2 rings (SSSR count). The molecule has 27 heavy (non-hydrogen) atoms. The molecule has 0 spiro atoms. The third kappa shape index (κ3) is 7.20. The quantitative estimate of drug-likeness (QED) is 0.621. The van der Waals surface area contributed by atoms with Gasteiger partial charge in [-0.3, -0.25) is 0 Å². The Bertz CT molecular complexity index is 672. The van der Waals surface area contributed by atoms with Crippen LogP contribution in [-0.2, 0) is 22.9 Å². The van der Waals surface area contributed by atoms with Crippen LogP contribution in [0.4, 0.5) is 0 Å². The van der Waals surface area contributed by atoms with Crippen molar-refractivity contribution in [2.75, 3.05) is 13.1 Å². The normalized spacial score (nSPS) is 21.3. The number of sulfonamides is 1. The molecule has 0 radical (unpaired) electrons. The average Bonchev–Trinajstić information content (AvgIpc) is 2.62. The van der Waals surface area contributed by atoms with Crippen LogP contribution in [0.2, 0.25) is 0 Å². The zero-order valence-electron chi connectivity index (χ0n) is 17.6. The van der Waals surface area contributed by atoms with Gasteiger partial charge in [-0.1, -0.05) is 31.2 Å². The molecule has 0 bridgehead atoms. The van der Waals surface area contributed by atoms with E-state index in [4.69, 9.17) is 0 Å². The molecule has 1 aromatic rings. The predicted molar refractivity (Wildman–Crippen MR) is 115 cm³/mol. The number of nitrogens with one attached hydrogen (secondary N) is 2. The van der Waals surface area contributed by atoms with Gasteiger partial charge in [-0.15, -0.1) is 0 Å². The van der Waals surface area contributed by atoms with Crippen LogP contribution in [0.3, 0.4) is 0 Å². The Hall–Kier alpha value is -0.910. The van der Waals surface area contributed by atoms with Gasteiger partial charge in [0.05, 0.1) is 4.75 Å². The fourth-order valence-electron chi connectivity index (χ4n) is 3.61. The highest BCUT2D eigenvalue weighted by Gasteiger charge is 2.32. The molecular formula is C22H38N2O2S. The Balaban J connectivity index is 1.61. The lowest BCUT2D eigenvalue weighted by atomic mass is 9.86. The van der Waals surface area contributed by atoms with Crippen molar-refractivity contribution >= 4 is 10.0 Å². The Morgan fingerprint density at radius 1 is 1.07 bits per heavy atom. The fraction of sp³-hybridized carbons (Fsp3) is 0.727. The molecule has 0 amide bonds. The summed E-state index contributed by atoms with van der Waals surface area (Å²) < 4.78 is 26.7. The molecule has 4 nitrogen and oxygen atoms in total. The number of hydrogen-bond acceptors (Lipinski definition) is 3. The third-order valence-corrected chi connectivity index (χ3v) is 7.88. The monoisotopic (exact) mass is 394 g/mol. The Labute approximate surface area is 166 Å². The van der Waals surface area contributed by atoms with Crippen molar-refractivity contribution in [1.82, 2.24) is 10.0 Å². The van der Waals surface area contributed by atoms with Crippen molar-refractivity contribution in [3.63, 3.8) is 0 Å². The van der Waals surface area contributed by atoms with Crippen LogP contribution in [-0.4, -0.2) is 32.3 Å². The highest BCUT2D eigenvalue weighted by atomic mass is 32.2. The molecule has 0 saturated heterocycles. The van der Waals surface area contributed by atoms with E-state index >= 15 is 0 Å². The van der Waals surface area contributed by atoms with E-state index in [1.54, 1.807) is 20.8 Å². The van der Waals surface area contributed by atoms with Crippen LogP contribution in [0.1, 0.15) is 70.9 Å². The van der Waals surface area contributed by atoms with Gasteiger partial charge < -0.3 is 5.32 Å². The lowest BCUT2D eigenvalue weighted by molar-refractivity contribution is 0.302. The molecule has 0 unspecified atom stereocenters. The summed E-state index contributed by atoms with van der Waals surface area (Å²) in [4.78, 5) is 0. The summed E-state index contributed by atoms with van der Waals surface area (Å²) in [6, 6.07) is 9.00. The average molecular weight is 395 g/mol. The van der Waals surface area contributed by atoms with Gasteiger partial charge in [-0.25, -0.2) is 13.1 Å². The van der Waals surface area contributed by atoms with E-state index < -0.39 is 14.8 Å². The van der Waals surface area contributed by atoms with E-state index in [0.29, 0.717) is 5.92 Å². The fourth-order valence-corrected chi connectivity index (χ4v) is 4.64. The van der Waals surface area contributed by atoms with Crippen LogP contribution >= 0.6 is 0 Å². The minimum absolute atomic E-state index is 0.108. The third-order valence-electron chi connectivity index (χ3n) is 5.63. The summed E-state index contributed by atoms with van der Waals surface area (Å²) in [7, 11) is -3.24. The van der Waals surface area contributed by atoms with E-state index in [1.807, 2.05) is 0 Å². The predicted octanol–water partition coefficient (Wildman–Crippen LogP) is 4.05. The number of rotatable bonds is 9. The second kappa shape index (κ2) is 10.0. The largest absolute Gasteiger partial charge is 0.316 e. The van der Waals surface area contributed by atoms with E-state index in [1.165, 1.54) is 11.1 Å². The maximum atomic E-state index is 12.3. The van der Waals surface area contributed by atoms with E-state index in [9.17, 15) is 8.42 Å². The van der Waals surface area contributed by atoms with Crippen molar-refractivity contribution in [1.29, 1.82) is 0 Å². The zero-order valence-corrected chi connectivity index (χ0v) is 18.4. The maximum Gasteiger partial charge on any atom is 0.216 e. The standard InChI is InChI=1S/C22H38N2O2S/c1-5-18-8-6-9-19(16-18)10-7-15-23-17-20-11-13-21(14-12-20)24-27(25,26)22(2,3)4/h6,8-9,16,20-21,23-24H,5,7,10-15,17H2,1-4H3. The van der Waals surface area contributed by atoms with Gasteiger partial charge in [-0.2, -0.15) is 0 Å². The lowest BCUT2D eigenvalue weighted by Gasteiger charge is -2.31. The minimum Gasteiger partial charge on any atom is -0.316 e. The Morgan fingerprint density at radius 2 is 1.74 bits per heavy atom. The van der Waals surface area contributed by atoms with Crippen LogP contribution < -0.4 is 10.0 Å². The molecule has 2 N–H and O–H groups in total. The number of benzene rings is 1. The van der Waals surface area contributed by atoms with Crippen LogP contribution in [0.15, 0.2) is 24.3 Å². The molecule has 5 heteroatoms. The molecule has 1 fully saturated rings. The van der Waals surface area contributed by atoms with Gasteiger partial charge in [0.2, 0.25) is 10.0 Å². The minimum atomic E-state index is -3.24. The summed E-state index contributed by atoms with van der Waals surface area (Å²) in [6.07, 6.45) is 7.49. The second-order valence-corrected chi connectivity index (χ2v) is 11.4. The molecule has 1 saturated carbocycles. The van der Waals surface area contributed by atoms with Crippen LogP contribution in [0.25, 0.3) is 0 Å². The van der Waals surface area contributed by atoms with Crippen LogP contribution in [0.5, 0.6) is 0 Å². The van der Waals surface area contributed by atoms with Crippen molar-refractivity contribution < 1.29 is 8.42 Å². The number of hydrogen-bond donors (Lipinski definition) is 2. The Kier molecular flexibility index (Phi) is 8.32. The van der Waals surface area contributed by atoms with Crippen LogP contribution in [0, 0.1) is 5.92 Å². The molecule has 0 heterocycles. The number of aryl methyl sites for hydroxylation is 2. The SMILES string of the molecule is CCc1cccc(CCCNCC2CCC(NS(=O)(=O)C(C)(C)C)CC2)c1. The first-order valence-electron chi connectivity index (χ1n) is 10.5. The summed E-state index contributed by atoms with van der Waals surface area (Å²) in [5.74, 6) is 0.670. The highest BCUT2D eigenvalue weighted by molar-refractivity contribution is 7.90. The maximum absolute atomic E-state index is 12.3. The molecule has 1 aliphatic rings. The summed E-state index contributed by atoms with van der Waals surface area (Å²) in [5, 5.41) is 3.60. The summed E-state index contributed by atoms with van der Waals surface area (Å²) in [6.45, 7) is 9.56. The summed E-state index contributed by atoms with van der Waals surface area (Å²) >= 11 is 0. The molecule has 0 aliphatic heterocycles. The topological polar surface area (TPSA) is 58.2 Å².